The summed E-state index contributed by atoms with van der Waals surface area (Å²) in [5, 5.41) is 12.3. The molecule has 0 saturated heterocycles. The van der Waals surface area contributed by atoms with E-state index in [9.17, 15) is 10.1 Å². The number of benzene rings is 1. The number of allylic oxidation sites excluding steroid dienone is 2. The second kappa shape index (κ2) is 6.34. The number of rotatable bonds is 3. The van der Waals surface area contributed by atoms with Crippen LogP contribution in [-0.2, 0) is 9.53 Å². The number of amides is 1. The second-order valence-corrected chi connectivity index (χ2v) is 5.34. The van der Waals surface area contributed by atoms with E-state index in [0.29, 0.717) is 22.7 Å². The standard InChI is InChI=1S/C18H16N4O2/c1-11-15(18(23)22-12-6-3-2-4-7-12)16(14-8-5-9-21-14)13(10-19)17(20)24-11/h2-9,16,21H,20H2,1H3,(H,22,23)/t16-/m1/s1. The number of nitrogens with two attached hydrogens (primary N) is 1. The number of hydrogen-bond donors (Lipinski definition) is 3. The van der Waals surface area contributed by atoms with Gasteiger partial charge in [0.05, 0.1) is 11.5 Å². The first kappa shape index (κ1) is 15.4. The summed E-state index contributed by atoms with van der Waals surface area (Å²) in [5.41, 5.74) is 7.77. The number of carbonyl (C=O) groups excluding carboxylic acids is 1. The van der Waals surface area contributed by atoms with Gasteiger partial charge in [-0.25, -0.2) is 0 Å². The summed E-state index contributed by atoms with van der Waals surface area (Å²) in [5.74, 6) is -0.536. The smallest absolute Gasteiger partial charge is 0.256 e. The molecule has 0 fully saturated rings. The van der Waals surface area contributed by atoms with Crippen LogP contribution in [-0.4, -0.2) is 10.9 Å². The lowest BCUT2D eigenvalue weighted by atomic mass is 9.86. The molecule has 2 heterocycles. The molecule has 1 aliphatic rings. The number of nitriles is 1. The lowest BCUT2D eigenvalue weighted by Gasteiger charge is -2.26. The molecule has 1 aromatic heterocycles. The molecule has 1 aliphatic heterocycles. The van der Waals surface area contributed by atoms with Crippen LogP contribution < -0.4 is 11.1 Å². The van der Waals surface area contributed by atoms with Crippen LogP contribution in [0.15, 0.2) is 71.4 Å². The van der Waals surface area contributed by atoms with Crippen molar-refractivity contribution < 1.29 is 9.53 Å². The largest absolute Gasteiger partial charge is 0.445 e. The normalized spacial score (nSPS) is 17.2. The lowest BCUT2D eigenvalue weighted by molar-refractivity contribution is -0.113. The fourth-order valence-electron chi connectivity index (χ4n) is 2.73. The summed E-state index contributed by atoms with van der Waals surface area (Å²) in [4.78, 5) is 15.9. The predicted octanol–water partition coefficient (Wildman–Crippen LogP) is 2.74. The van der Waals surface area contributed by atoms with Crippen LogP contribution in [0.2, 0.25) is 0 Å². The van der Waals surface area contributed by atoms with Crippen LogP contribution in [0.1, 0.15) is 18.5 Å². The highest BCUT2D eigenvalue weighted by atomic mass is 16.5. The summed E-state index contributed by atoms with van der Waals surface area (Å²) in [6, 6.07) is 14.8. The van der Waals surface area contributed by atoms with Gasteiger partial charge in [0.2, 0.25) is 5.88 Å². The molecule has 2 aromatic rings. The molecule has 3 rings (SSSR count). The maximum Gasteiger partial charge on any atom is 0.256 e. The highest BCUT2D eigenvalue weighted by molar-refractivity contribution is 6.06. The van der Waals surface area contributed by atoms with Gasteiger partial charge in [-0.1, -0.05) is 18.2 Å². The monoisotopic (exact) mass is 320 g/mol. The van der Waals surface area contributed by atoms with Crippen molar-refractivity contribution in [3.63, 3.8) is 0 Å². The third kappa shape index (κ3) is 2.75. The summed E-state index contributed by atoms with van der Waals surface area (Å²) in [7, 11) is 0. The second-order valence-electron chi connectivity index (χ2n) is 5.34. The fourth-order valence-corrected chi connectivity index (χ4v) is 2.73. The first-order chi connectivity index (χ1) is 11.6. The van der Waals surface area contributed by atoms with E-state index in [0.717, 1.165) is 0 Å². The molecular formula is C18H16N4O2. The molecule has 0 radical (unpaired) electrons. The summed E-state index contributed by atoms with van der Waals surface area (Å²) >= 11 is 0. The number of anilines is 1. The van der Waals surface area contributed by atoms with E-state index in [2.05, 4.69) is 16.4 Å². The van der Waals surface area contributed by atoms with Crippen LogP contribution in [0.4, 0.5) is 5.69 Å². The average Bonchev–Trinajstić information content (AvgIpc) is 3.09. The Bertz CT molecular complexity index is 858. The summed E-state index contributed by atoms with van der Waals surface area (Å²) in [6.07, 6.45) is 1.73. The number of para-hydroxylation sites is 1. The van der Waals surface area contributed by atoms with Crippen molar-refractivity contribution in [2.45, 2.75) is 12.8 Å². The zero-order valence-electron chi connectivity index (χ0n) is 13.0. The number of carbonyl (C=O) groups is 1. The van der Waals surface area contributed by atoms with Gasteiger partial charge >= 0.3 is 0 Å². The molecule has 0 unspecified atom stereocenters. The van der Waals surface area contributed by atoms with Crippen LogP contribution in [0.5, 0.6) is 0 Å². The number of ether oxygens (including phenoxy) is 1. The van der Waals surface area contributed by atoms with Gasteiger partial charge in [0, 0.05) is 17.6 Å². The van der Waals surface area contributed by atoms with Crippen molar-refractivity contribution in [3.05, 3.63) is 77.1 Å². The predicted molar refractivity (Wildman–Crippen MR) is 89.2 cm³/mol. The lowest BCUT2D eigenvalue weighted by Crippen LogP contribution is -2.28. The Labute approximate surface area is 139 Å². The van der Waals surface area contributed by atoms with Crippen molar-refractivity contribution >= 4 is 11.6 Å². The molecule has 1 amide bonds. The maximum atomic E-state index is 12.8. The minimum Gasteiger partial charge on any atom is -0.445 e. The van der Waals surface area contributed by atoms with Crippen molar-refractivity contribution in [2.24, 2.45) is 5.73 Å². The highest BCUT2D eigenvalue weighted by Gasteiger charge is 2.35. The third-order valence-corrected chi connectivity index (χ3v) is 3.81. The Hall–Kier alpha value is -3.46. The van der Waals surface area contributed by atoms with Crippen molar-refractivity contribution in [2.75, 3.05) is 5.32 Å². The number of aromatic nitrogens is 1. The maximum absolute atomic E-state index is 12.8. The Kier molecular flexibility index (Phi) is 4.08. The first-order valence-corrected chi connectivity index (χ1v) is 7.40. The third-order valence-electron chi connectivity index (χ3n) is 3.81. The Morgan fingerprint density at radius 2 is 2.04 bits per heavy atom. The van der Waals surface area contributed by atoms with E-state index in [1.807, 2.05) is 24.3 Å². The van der Waals surface area contributed by atoms with Crippen LogP contribution in [0, 0.1) is 11.3 Å². The van der Waals surface area contributed by atoms with Crippen molar-refractivity contribution in [1.82, 2.24) is 4.98 Å². The van der Waals surface area contributed by atoms with E-state index >= 15 is 0 Å². The van der Waals surface area contributed by atoms with Gasteiger partial charge in [-0.15, -0.1) is 0 Å². The minimum atomic E-state index is -0.595. The summed E-state index contributed by atoms with van der Waals surface area (Å²) in [6.45, 7) is 1.66. The van der Waals surface area contributed by atoms with Gasteiger partial charge in [0.15, 0.2) is 0 Å². The van der Waals surface area contributed by atoms with Gasteiger partial charge < -0.3 is 20.8 Å². The van der Waals surface area contributed by atoms with Gasteiger partial charge in [-0.05, 0) is 31.2 Å². The molecule has 0 spiro atoms. The molecule has 4 N–H and O–H groups in total. The zero-order valence-corrected chi connectivity index (χ0v) is 13.0. The highest BCUT2D eigenvalue weighted by Crippen LogP contribution is 2.38. The van der Waals surface area contributed by atoms with Gasteiger partial charge in [-0.3, -0.25) is 4.79 Å². The van der Waals surface area contributed by atoms with Crippen LogP contribution in [0.25, 0.3) is 0 Å². The molecule has 1 aromatic carbocycles. The molecule has 0 bridgehead atoms. The average molecular weight is 320 g/mol. The van der Waals surface area contributed by atoms with E-state index in [-0.39, 0.29) is 17.4 Å². The molecule has 6 nitrogen and oxygen atoms in total. The van der Waals surface area contributed by atoms with Gasteiger partial charge in [-0.2, -0.15) is 5.26 Å². The van der Waals surface area contributed by atoms with Crippen molar-refractivity contribution in [1.29, 1.82) is 5.26 Å². The van der Waals surface area contributed by atoms with E-state index in [1.54, 1.807) is 31.3 Å². The Balaban J connectivity index is 2.02. The first-order valence-electron chi connectivity index (χ1n) is 7.40. The SMILES string of the molecule is CC1=C(C(=O)Nc2ccccc2)[C@@H](c2ccc[nH]2)C(C#N)=C(N)O1. The van der Waals surface area contributed by atoms with Gasteiger partial charge in [0.25, 0.3) is 5.91 Å². The van der Waals surface area contributed by atoms with E-state index < -0.39 is 5.92 Å². The minimum absolute atomic E-state index is 0.0193. The molecule has 24 heavy (non-hydrogen) atoms. The Morgan fingerprint density at radius 3 is 2.67 bits per heavy atom. The topological polar surface area (TPSA) is 104 Å². The number of nitrogens with one attached hydrogen (secondary N) is 2. The number of H-pyrrole nitrogens is 1. The van der Waals surface area contributed by atoms with Crippen LogP contribution in [0.3, 0.4) is 0 Å². The Morgan fingerprint density at radius 1 is 1.29 bits per heavy atom. The van der Waals surface area contributed by atoms with E-state index in [4.69, 9.17) is 10.5 Å². The number of aromatic amines is 1. The van der Waals surface area contributed by atoms with Crippen LogP contribution >= 0.6 is 0 Å². The van der Waals surface area contributed by atoms with Gasteiger partial charge in [0.1, 0.15) is 17.4 Å². The molecule has 6 heteroatoms. The van der Waals surface area contributed by atoms with Crippen molar-refractivity contribution in [3.8, 4) is 6.07 Å². The van der Waals surface area contributed by atoms with E-state index in [1.165, 1.54) is 0 Å². The molecule has 1 atom stereocenters. The summed E-state index contributed by atoms with van der Waals surface area (Å²) < 4.78 is 5.43. The molecule has 0 aliphatic carbocycles. The zero-order chi connectivity index (χ0) is 17.1. The molecular weight excluding hydrogens is 304 g/mol. The quantitative estimate of drug-likeness (QED) is 0.808. The molecule has 0 saturated carbocycles. The number of hydrogen-bond acceptors (Lipinski definition) is 4. The fraction of sp³-hybridized carbons (Fsp3) is 0.111. The number of nitrogens with zero attached hydrogens (tertiary/aromatic N) is 1. The molecule has 120 valence electrons.